The van der Waals surface area contributed by atoms with E-state index in [0.29, 0.717) is 47.4 Å². The van der Waals surface area contributed by atoms with E-state index in [-0.39, 0.29) is 30.7 Å². The molecule has 0 aliphatic carbocycles. The molecule has 0 saturated heterocycles. The summed E-state index contributed by atoms with van der Waals surface area (Å²) in [4.78, 5) is 28.8. The number of halogens is 2. The lowest BCUT2D eigenvalue weighted by Crippen LogP contribution is -2.51. The minimum absolute atomic E-state index is 0.114. The third kappa shape index (κ3) is 9.48. The van der Waals surface area contributed by atoms with Crippen molar-refractivity contribution in [3.05, 3.63) is 94.0 Å². The summed E-state index contributed by atoms with van der Waals surface area (Å²) < 4.78 is 11.0. The number of amides is 2. The lowest BCUT2D eigenvalue weighted by atomic mass is 10.0. The SMILES string of the molecule is COc1ccc(OCCCC(=O)N(Cc2c(Cl)cccc2Cl)[C@@H](Cc2ccccc2)C(=O)NCC(C)C)cc1. The van der Waals surface area contributed by atoms with E-state index in [1.807, 2.05) is 68.4 Å². The first kappa shape index (κ1) is 30.3. The van der Waals surface area contributed by atoms with Gasteiger partial charge in [-0.1, -0.05) is 73.4 Å². The van der Waals surface area contributed by atoms with E-state index in [2.05, 4.69) is 5.32 Å². The van der Waals surface area contributed by atoms with Crippen LogP contribution in [-0.2, 0) is 22.6 Å². The first-order valence-corrected chi connectivity index (χ1v) is 13.8. The van der Waals surface area contributed by atoms with Crippen LogP contribution in [0.5, 0.6) is 11.5 Å². The predicted molar refractivity (Wildman–Crippen MR) is 157 cm³/mol. The fraction of sp³-hybridized carbons (Fsp3) is 0.355. The molecule has 1 atom stereocenters. The fourth-order valence-electron chi connectivity index (χ4n) is 4.06. The Bertz CT molecular complexity index is 1180. The predicted octanol–water partition coefficient (Wildman–Crippen LogP) is 6.57. The maximum absolute atomic E-state index is 13.7. The summed E-state index contributed by atoms with van der Waals surface area (Å²) in [5, 5.41) is 3.91. The molecule has 0 unspecified atom stereocenters. The third-order valence-electron chi connectivity index (χ3n) is 6.21. The zero-order chi connectivity index (χ0) is 28.2. The highest BCUT2D eigenvalue weighted by Gasteiger charge is 2.31. The van der Waals surface area contributed by atoms with Crippen molar-refractivity contribution in [1.82, 2.24) is 10.2 Å². The molecule has 39 heavy (non-hydrogen) atoms. The topological polar surface area (TPSA) is 67.9 Å². The Balaban J connectivity index is 1.81. The van der Waals surface area contributed by atoms with Crippen molar-refractivity contribution in [2.45, 2.75) is 45.7 Å². The van der Waals surface area contributed by atoms with Crippen LogP contribution in [0.15, 0.2) is 72.8 Å². The molecule has 0 aliphatic rings. The number of hydrogen-bond acceptors (Lipinski definition) is 4. The normalized spacial score (nSPS) is 11.6. The van der Waals surface area contributed by atoms with Gasteiger partial charge < -0.3 is 19.7 Å². The highest BCUT2D eigenvalue weighted by Crippen LogP contribution is 2.28. The van der Waals surface area contributed by atoms with Gasteiger partial charge in [-0.2, -0.15) is 0 Å². The molecule has 3 aromatic rings. The van der Waals surface area contributed by atoms with Gasteiger partial charge in [-0.25, -0.2) is 0 Å². The average Bonchev–Trinajstić information content (AvgIpc) is 2.93. The van der Waals surface area contributed by atoms with Crippen molar-refractivity contribution >= 4 is 35.0 Å². The monoisotopic (exact) mass is 570 g/mol. The number of nitrogens with zero attached hydrogens (tertiary/aromatic N) is 1. The molecule has 0 spiro atoms. The Kier molecular flexibility index (Phi) is 12.0. The Morgan fingerprint density at radius 1 is 0.897 bits per heavy atom. The van der Waals surface area contributed by atoms with Gasteiger partial charge in [0.05, 0.1) is 13.7 Å². The zero-order valence-electron chi connectivity index (χ0n) is 22.7. The molecular weight excluding hydrogens is 535 g/mol. The van der Waals surface area contributed by atoms with Gasteiger partial charge in [0.25, 0.3) is 0 Å². The van der Waals surface area contributed by atoms with Crippen LogP contribution in [0, 0.1) is 5.92 Å². The minimum atomic E-state index is -0.742. The summed E-state index contributed by atoms with van der Waals surface area (Å²) in [5.74, 6) is 1.32. The van der Waals surface area contributed by atoms with Crippen LogP contribution >= 0.6 is 23.2 Å². The van der Waals surface area contributed by atoms with Crippen molar-refractivity contribution in [3.63, 3.8) is 0 Å². The summed E-state index contributed by atoms with van der Waals surface area (Å²) in [6.07, 6.45) is 1.03. The third-order valence-corrected chi connectivity index (χ3v) is 6.92. The molecule has 3 aromatic carbocycles. The second-order valence-corrected chi connectivity index (χ2v) is 10.5. The number of carbonyl (C=O) groups excluding carboxylic acids is 2. The second-order valence-electron chi connectivity index (χ2n) is 9.69. The van der Waals surface area contributed by atoms with Crippen molar-refractivity contribution in [2.24, 2.45) is 5.92 Å². The molecule has 2 amide bonds. The smallest absolute Gasteiger partial charge is 0.243 e. The maximum Gasteiger partial charge on any atom is 0.243 e. The molecule has 208 valence electrons. The van der Waals surface area contributed by atoms with Gasteiger partial charge >= 0.3 is 0 Å². The molecule has 3 rings (SSSR count). The van der Waals surface area contributed by atoms with Crippen molar-refractivity contribution in [3.8, 4) is 11.5 Å². The highest BCUT2D eigenvalue weighted by atomic mass is 35.5. The molecule has 0 bridgehead atoms. The number of rotatable bonds is 14. The van der Waals surface area contributed by atoms with Crippen LogP contribution in [0.2, 0.25) is 10.0 Å². The molecular formula is C31H36Cl2N2O4. The van der Waals surface area contributed by atoms with Crippen LogP contribution in [-0.4, -0.2) is 43.0 Å². The summed E-state index contributed by atoms with van der Waals surface area (Å²) in [6.45, 7) is 5.03. The molecule has 0 heterocycles. The van der Waals surface area contributed by atoms with E-state index in [1.165, 1.54) is 0 Å². The van der Waals surface area contributed by atoms with Gasteiger partial charge in [-0.3, -0.25) is 9.59 Å². The van der Waals surface area contributed by atoms with E-state index < -0.39 is 6.04 Å². The molecule has 0 aliphatic heterocycles. The van der Waals surface area contributed by atoms with E-state index in [1.54, 1.807) is 30.2 Å². The van der Waals surface area contributed by atoms with Gasteiger partial charge in [0.2, 0.25) is 11.8 Å². The first-order valence-electron chi connectivity index (χ1n) is 13.1. The molecule has 0 fully saturated rings. The Labute approximate surface area is 241 Å². The highest BCUT2D eigenvalue weighted by molar-refractivity contribution is 6.36. The van der Waals surface area contributed by atoms with Crippen LogP contribution < -0.4 is 14.8 Å². The summed E-state index contributed by atoms with van der Waals surface area (Å²) in [7, 11) is 1.61. The van der Waals surface area contributed by atoms with E-state index >= 15 is 0 Å². The van der Waals surface area contributed by atoms with Crippen molar-refractivity contribution < 1.29 is 19.1 Å². The minimum Gasteiger partial charge on any atom is -0.497 e. The molecule has 0 saturated carbocycles. The largest absolute Gasteiger partial charge is 0.497 e. The van der Waals surface area contributed by atoms with Gasteiger partial charge in [-0.15, -0.1) is 0 Å². The van der Waals surface area contributed by atoms with E-state index in [4.69, 9.17) is 32.7 Å². The van der Waals surface area contributed by atoms with Crippen LogP contribution in [0.25, 0.3) is 0 Å². The van der Waals surface area contributed by atoms with Gasteiger partial charge in [0, 0.05) is 41.5 Å². The molecule has 1 N–H and O–H groups in total. The number of carbonyl (C=O) groups is 2. The van der Waals surface area contributed by atoms with Crippen LogP contribution in [0.3, 0.4) is 0 Å². The lowest BCUT2D eigenvalue weighted by Gasteiger charge is -2.32. The second kappa shape index (κ2) is 15.4. The van der Waals surface area contributed by atoms with Gasteiger partial charge in [0.15, 0.2) is 0 Å². The van der Waals surface area contributed by atoms with Gasteiger partial charge in [0.1, 0.15) is 17.5 Å². The Morgan fingerprint density at radius 3 is 2.15 bits per heavy atom. The number of nitrogens with one attached hydrogen (secondary N) is 1. The van der Waals surface area contributed by atoms with E-state index in [9.17, 15) is 9.59 Å². The molecule has 8 heteroatoms. The first-order chi connectivity index (χ1) is 18.8. The van der Waals surface area contributed by atoms with Crippen molar-refractivity contribution in [2.75, 3.05) is 20.3 Å². The molecule has 0 radical (unpaired) electrons. The standard InChI is InChI=1S/C31H36Cl2N2O4/c1-22(2)20-34-31(37)29(19-23-9-5-4-6-10-23)35(21-26-27(32)11-7-12-28(26)33)30(36)13-8-18-39-25-16-14-24(38-3)15-17-25/h4-7,9-12,14-17,22,29H,8,13,18-21H2,1-3H3,(H,34,37)/t29-/m0/s1. The Hall–Kier alpha value is -3.22. The van der Waals surface area contributed by atoms with E-state index in [0.717, 1.165) is 11.3 Å². The summed E-state index contributed by atoms with van der Waals surface area (Å²) in [5.41, 5.74) is 1.56. The van der Waals surface area contributed by atoms with Crippen LogP contribution in [0.1, 0.15) is 37.8 Å². The fourth-order valence-corrected chi connectivity index (χ4v) is 4.58. The number of hydrogen-bond donors (Lipinski definition) is 1. The van der Waals surface area contributed by atoms with Crippen molar-refractivity contribution in [1.29, 1.82) is 0 Å². The Morgan fingerprint density at radius 2 is 1.54 bits per heavy atom. The summed E-state index contributed by atoms with van der Waals surface area (Å²) in [6, 6.07) is 21.4. The number of benzene rings is 3. The zero-order valence-corrected chi connectivity index (χ0v) is 24.2. The van der Waals surface area contributed by atoms with Crippen LogP contribution in [0.4, 0.5) is 0 Å². The quantitative estimate of drug-likeness (QED) is 0.222. The molecule has 0 aromatic heterocycles. The number of methoxy groups -OCH3 is 1. The average molecular weight is 572 g/mol. The van der Waals surface area contributed by atoms with Gasteiger partial charge in [-0.05, 0) is 54.3 Å². The number of ether oxygens (including phenoxy) is 2. The molecule has 6 nitrogen and oxygen atoms in total. The lowest BCUT2D eigenvalue weighted by molar-refractivity contribution is -0.141. The maximum atomic E-state index is 13.7. The summed E-state index contributed by atoms with van der Waals surface area (Å²) >= 11 is 13.0.